The molecule has 0 saturated carbocycles. The van der Waals surface area contributed by atoms with Crippen molar-refractivity contribution in [2.24, 2.45) is 0 Å². The van der Waals surface area contributed by atoms with E-state index in [4.69, 9.17) is 4.98 Å². The van der Waals surface area contributed by atoms with E-state index < -0.39 is 0 Å². The largest absolute Gasteiger partial charge is 0.354 e. The summed E-state index contributed by atoms with van der Waals surface area (Å²) in [4.78, 5) is 11.7. The van der Waals surface area contributed by atoms with Crippen LogP contribution in [0.15, 0.2) is 30.5 Å². The molecule has 4 nitrogen and oxygen atoms in total. The maximum atomic E-state index is 4.76. The van der Waals surface area contributed by atoms with E-state index in [1.54, 1.807) is 0 Å². The standard InChI is InChI=1S/C15H18N4/c1-2-4-14-13(3-1)16-9-15(18-14)19-8-7-11-5-6-12(10-19)17-11/h1-4,9,11-12,17H,5-8,10H2. The summed E-state index contributed by atoms with van der Waals surface area (Å²) in [6.45, 7) is 2.14. The number of aromatic nitrogens is 2. The molecule has 2 saturated heterocycles. The summed E-state index contributed by atoms with van der Waals surface area (Å²) >= 11 is 0. The molecule has 4 rings (SSSR count). The second-order valence-electron chi connectivity index (χ2n) is 5.59. The molecule has 2 fully saturated rings. The fraction of sp³-hybridized carbons (Fsp3) is 0.467. The van der Waals surface area contributed by atoms with E-state index in [9.17, 15) is 0 Å². The van der Waals surface area contributed by atoms with E-state index >= 15 is 0 Å². The third-order valence-electron chi connectivity index (χ3n) is 4.28. The number of fused-ring (bicyclic) bond motifs is 3. The highest BCUT2D eigenvalue weighted by atomic mass is 15.2. The minimum Gasteiger partial charge on any atom is -0.354 e. The topological polar surface area (TPSA) is 41.1 Å². The van der Waals surface area contributed by atoms with Gasteiger partial charge in [-0.05, 0) is 31.4 Å². The van der Waals surface area contributed by atoms with Gasteiger partial charge in [0.1, 0.15) is 5.82 Å². The lowest BCUT2D eigenvalue weighted by Gasteiger charge is -2.25. The van der Waals surface area contributed by atoms with Crippen LogP contribution in [-0.4, -0.2) is 35.1 Å². The van der Waals surface area contributed by atoms with Crippen molar-refractivity contribution in [1.29, 1.82) is 0 Å². The van der Waals surface area contributed by atoms with E-state index in [2.05, 4.69) is 15.2 Å². The van der Waals surface area contributed by atoms with Crippen LogP contribution in [0.4, 0.5) is 5.82 Å². The first kappa shape index (κ1) is 11.2. The van der Waals surface area contributed by atoms with Crippen LogP contribution < -0.4 is 10.2 Å². The van der Waals surface area contributed by atoms with Crippen LogP contribution in [0.2, 0.25) is 0 Å². The summed E-state index contributed by atoms with van der Waals surface area (Å²) in [5.74, 6) is 1.02. The van der Waals surface area contributed by atoms with Gasteiger partial charge in [0.25, 0.3) is 0 Å². The first-order chi connectivity index (χ1) is 9.38. The molecule has 1 N–H and O–H groups in total. The van der Waals surface area contributed by atoms with E-state index in [-0.39, 0.29) is 0 Å². The van der Waals surface area contributed by atoms with E-state index in [1.165, 1.54) is 19.3 Å². The molecule has 2 atom stereocenters. The zero-order valence-electron chi connectivity index (χ0n) is 10.9. The summed E-state index contributed by atoms with van der Waals surface area (Å²) in [7, 11) is 0. The third-order valence-corrected chi connectivity index (χ3v) is 4.28. The Morgan fingerprint density at radius 1 is 1.05 bits per heavy atom. The van der Waals surface area contributed by atoms with Crippen LogP contribution in [0.5, 0.6) is 0 Å². The Labute approximate surface area is 112 Å². The van der Waals surface area contributed by atoms with Crippen molar-refractivity contribution in [3.05, 3.63) is 30.5 Å². The van der Waals surface area contributed by atoms with Crippen molar-refractivity contribution in [1.82, 2.24) is 15.3 Å². The molecule has 2 aromatic rings. The fourth-order valence-electron chi connectivity index (χ4n) is 3.25. The SMILES string of the molecule is c1ccc2nc(N3CCC4CCC(C3)N4)cnc2c1. The van der Waals surface area contributed by atoms with Gasteiger partial charge in [-0.3, -0.25) is 4.98 Å². The molecule has 0 radical (unpaired) electrons. The molecule has 0 aliphatic carbocycles. The molecule has 1 aromatic carbocycles. The average Bonchev–Trinajstić information content (AvgIpc) is 2.78. The fourth-order valence-corrected chi connectivity index (χ4v) is 3.25. The van der Waals surface area contributed by atoms with E-state index in [0.29, 0.717) is 12.1 Å². The average molecular weight is 254 g/mol. The number of anilines is 1. The molecule has 19 heavy (non-hydrogen) atoms. The molecule has 3 heterocycles. The smallest absolute Gasteiger partial charge is 0.147 e. The minimum absolute atomic E-state index is 0.626. The maximum Gasteiger partial charge on any atom is 0.147 e. The second kappa shape index (κ2) is 4.46. The van der Waals surface area contributed by atoms with Gasteiger partial charge in [-0.2, -0.15) is 0 Å². The predicted octanol–water partition coefficient (Wildman–Crippen LogP) is 1.96. The van der Waals surface area contributed by atoms with Crippen LogP contribution in [0.3, 0.4) is 0 Å². The lowest BCUT2D eigenvalue weighted by Crippen LogP contribution is -2.35. The summed E-state index contributed by atoms with van der Waals surface area (Å²) in [6, 6.07) is 9.41. The van der Waals surface area contributed by atoms with Crippen LogP contribution in [0, 0.1) is 0 Å². The molecule has 2 aliphatic rings. The number of para-hydroxylation sites is 2. The minimum atomic E-state index is 0.626. The monoisotopic (exact) mass is 254 g/mol. The Hall–Kier alpha value is -1.68. The number of hydrogen-bond donors (Lipinski definition) is 1. The van der Waals surface area contributed by atoms with Gasteiger partial charge in [-0.25, -0.2) is 4.98 Å². The van der Waals surface area contributed by atoms with Crippen molar-refractivity contribution in [3.8, 4) is 0 Å². The van der Waals surface area contributed by atoms with Crippen LogP contribution >= 0.6 is 0 Å². The van der Waals surface area contributed by atoms with E-state index in [0.717, 1.165) is 29.9 Å². The second-order valence-corrected chi connectivity index (χ2v) is 5.59. The summed E-state index contributed by atoms with van der Waals surface area (Å²) < 4.78 is 0. The highest BCUT2D eigenvalue weighted by molar-refractivity contribution is 5.75. The van der Waals surface area contributed by atoms with Crippen molar-refractivity contribution < 1.29 is 0 Å². The normalized spacial score (nSPS) is 26.6. The van der Waals surface area contributed by atoms with Gasteiger partial charge in [-0.1, -0.05) is 12.1 Å². The molecule has 2 aliphatic heterocycles. The zero-order valence-corrected chi connectivity index (χ0v) is 10.9. The number of benzene rings is 1. The third kappa shape index (κ3) is 2.06. The highest BCUT2D eigenvalue weighted by Crippen LogP contribution is 2.24. The maximum absolute atomic E-state index is 4.76. The molecule has 0 spiro atoms. The first-order valence-electron chi connectivity index (χ1n) is 7.11. The van der Waals surface area contributed by atoms with Crippen molar-refractivity contribution in [2.75, 3.05) is 18.0 Å². The van der Waals surface area contributed by atoms with Crippen molar-refractivity contribution >= 4 is 16.9 Å². The lowest BCUT2D eigenvalue weighted by molar-refractivity contribution is 0.563. The van der Waals surface area contributed by atoms with Crippen LogP contribution in [0.25, 0.3) is 11.0 Å². The van der Waals surface area contributed by atoms with Gasteiger partial charge in [0.2, 0.25) is 0 Å². The quantitative estimate of drug-likeness (QED) is 0.844. The molecule has 2 unspecified atom stereocenters. The highest BCUT2D eigenvalue weighted by Gasteiger charge is 2.29. The Morgan fingerprint density at radius 3 is 2.84 bits per heavy atom. The van der Waals surface area contributed by atoms with Crippen LogP contribution in [0.1, 0.15) is 19.3 Å². The van der Waals surface area contributed by atoms with Crippen molar-refractivity contribution in [3.63, 3.8) is 0 Å². The Morgan fingerprint density at radius 2 is 1.89 bits per heavy atom. The van der Waals surface area contributed by atoms with Gasteiger partial charge >= 0.3 is 0 Å². The summed E-state index contributed by atoms with van der Waals surface area (Å²) in [5, 5.41) is 3.70. The number of nitrogens with zero attached hydrogens (tertiary/aromatic N) is 3. The van der Waals surface area contributed by atoms with Crippen molar-refractivity contribution in [2.45, 2.75) is 31.3 Å². The molecule has 4 heteroatoms. The van der Waals surface area contributed by atoms with Gasteiger partial charge in [0.15, 0.2) is 0 Å². The number of rotatable bonds is 1. The van der Waals surface area contributed by atoms with Crippen LogP contribution in [-0.2, 0) is 0 Å². The number of nitrogens with one attached hydrogen (secondary N) is 1. The molecular formula is C15H18N4. The molecular weight excluding hydrogens is 236 g/mol. The Balaban J connectivity index is 1.66. The molecule has 98 valence electrons. The van der Waals surface area contributed by atoms with Gasteiger partial charge in [0.05, 0.1) is 17.2 Å². The predicted molar refractivity (Wildman–Crippen MR) is 76.3 cm³/mol. The lowest BCUT2D eigenvalue weighted by atomic mass is 10.1. The molecule has 0 amide bonds. The summed E-state index contributed by atoms with van der Waals surface area (Å²) in [6.07, 6.45) is 5.76. The van der Waals surface area contributed by atoms with E-state index in [1.807, 2.05) is 30.5 Å². The Kier molecular flexibility index (Phi) is 2.62. The van der Waals surface area contributed by atoms with Gasteiger partial charge < -0.3 is 10.2 Å². The van der Waals surface area contributed by atoms with Gasteiger partial charge in [-0.15, -0.1) is 0 Å². The summed E-state index contributed by atoms with van der Waals surface area (Å²) in [5.41, 5.74) is 1.96. The van der Waals surface area contributed by atoms with Gasteiger partial charge in [0, 0.05) is 25.2 Å². The Bertz CT molecular complexity index is 597. The number of hydrogen-bond acceptors (Lipinski definition) is 4. The zero-order chi connectivity index (χ0) is 12.7. The first-order valence-corrected chi connectivity index (χ1v) is 7.11. The molecule has 1 aromatic heterocycles. The molecule has 2 bridgehead atoms.